The molecule has 0 spiro atoms. The highest BCUT2D eigenvalue weighted by Gasteiger charge is 2.00. The molecule has 0 N–H and O–H groups in total. The molecule has 1 aromatic rings. The van der Waals surface area contributed by atoms with Crippen LogP contribution in [0.5, 0.6) is 0 Å². The van der Waals surface area contributed by atoms with Crippen molar-refractivity contribution in [3.05, 3.63) is 29.1 Å². The predicted molar refractivity (Wildman–Crippen MR) is 38.4 cm³/mol. The van der Waals surface area contributed by atoms with Gasteiger partial charge in [-0.1, -0.05) is 0 Å². The molecule has 1 aromatic heterocycles. The third kappa shape index (κ3) is 1.33. The van der Waals surface area contributed by atoms with Gasteiger partial charge in [0.05, 0.1) is 5.56 Å². The first kappa shape index (κ1) is 7.24. The summed E-state index contributed by atoms with van der Waals surface area (Å²) in [4.78, 5) is 3.78. The smallest absolute Gasteiger partial charge is 0.158 e. The van der Waals surface area contributed by atoms with Gasteiger partial charge in [-0.05, 0) is 18.6 Å². The maximum Gasteiger partial charge on any atom is 0.158 e. The zero-order chi connectivity index (χ0) is 8.27. The minimum atomic E-state index is 0.193. The van der Waals surface area contributed by atoms with E-state index >= 15 is 0 Å². The van der Waals surface area contributed by atoms with E-state index in [-0.39, 0.29) is 5.69 Å². The van der Waals surface area contributed by atoms with Crippen molar-refractivity contribution in [1.29, 1.82) is 10.5 Å². The SMILES string of the molecule is Cc1cnc(C#N)c(C#N)c1. The van der Waals surface area contributed by atoms with Crippen molar-refractivity contribution in [1.82, 2.24) is 4.98 Å². The summed E-state index contributed by atoms with van der Waals surface area (Å²) in [6.45, 7) is 1.83. The molecule has 0 radical (unpaired) electrons. The van der Waals surface area contributed by atoms with Crippen molar-refractivity contribution in [2.45, 2.75) is 6.92 Å². The average Bonchev–Trinajstić information content (AvgIpc) is 2.04. The zero-order valence-electron chi connectivity index (χ0n) is 6.00. The fourth-order valence-corrected chi connectivity index (χ4v) is 0.744. The molecule has 0 unspecified atom stereocenters. The molecule has 0 aliphatic rings. The van der Waals surface area contributed by atoms with Crippen molar-refractivity contribution in [3.8, 4) is 12.1 Å². The van der Waals surface area contributed by atoms with Crippen LogP contribution in [-0.4, -0.2) is 4.98 Å². The van der Waals surface area contributed by atoms with Crippen LogP contribution in [0, 0.1) is 29.6 Å². The monoisotopic (exact) mass is 143 g/mol. The molecule has 52 valence electrons. The maximum absolute atomic E-state index is 8.53. The summed E-state index contributed by atoms with van der Waals surface area (Å²) in [6, 6.07) is 5.39. The van der Waals surface area contributed by atoms with Crippen molar-refractivity contribution in [2.24, 2.45) is 0 Å². The quantitative estimate of drug-likeness (QED) is 0.547. The third-order valence-corrected chi connectivity index (χ3v) is 1.25. The second-order valence-corrected chi connectivity index (χ2v) is 2.13. The second kappa shape index (κ2) is 2.81. The molecule has 1 heterocycles. The van der Waals surface area contributed by atoms with E-state index in [2.05, 4.69) is 4.98 Å². The Balaban J connectivity index is 3.34. The highest BCUT2D eigenvalue weighted by molar-refractivity contribution is 5.41. The minimum absolute atomic E-state index is 0.193. The molecule has 0 aliphatic heterocycles. The molecule has 0 saturated heterocycles. The van der Waals surface area contributed by atoms with Gasteiger partial charge >= 0.3 is 0 Å². The van der Waals surface area contributed by atoms with Crippen molar-refractivity contribution >= 4 is 0 Å². The molecule has 0 fully saturated rings. The first-order valence-corrected chi connectivity index (χ1v) is 3.05. The number of nitrogens with zero attached hydrogens (tertiary/aromatic N) is 3. The fourth-order valence-electron chi connectivity index (χ4n) is 0.744. The van der Waals surface area contributed by atoms with Crippen molar-refractivity contribution < 1.29 is 0 Å². The second-order valence-electron chi connectivity index (χ2n) is 2.13. The van der Waals surface area contributed by atoms with Crippen molar-refractivity contribution in [2.75, 3.05) is 0 Å². The summed E-state index contributed by atoms with van der Waals surface area (Å²) in [6.07, 6.45) is 1.57. The van der Waals surface area contributed by atoms with Crippen LogP contribution in [0.4, 0.5) is 0 Å². The molecule has 3 heteroatoms. The van der Waals surface area contributed by atoms with E-state index in [0.717, 1.165) is 5.56 Å². The van der Waals surface area contributed by atoms with Gasteiger partial charge < -0.3 is 0 Å². The molecule has 0 saturated carbocycles. The molecule has 3 nitrogen and oxygen atoms in total. The van der Waals surface area contributed by atoms with Gasteiger partial charge in [0.1, 0.15) is 12.1 Å². The van der Waals surface area contributed by atoms with Crippen LogP contribution in [0.15, 0.2) is 12.3 Å². The molecule has 0 bridgehead atoms. The van der Waals surface area contributed by atoms with Gasteiger partial charge in [-0.25, -0.2) is 4.98 Å². The molecular weight excluding hydrogens is 138 g/mol. The number of rotatable bonds is 0. The largest absolute Gasteiger partial charge is 0.244 e. The van der Waals surface area contributed by atoms with E-state index in [1.54, 1.807) is 12.3 Å². The number of hydrogen-bond donors (Lipinski definition) is 0. The van der Waals surface area contributed by atoms with Gasteiger partial charge in [-0.2, -0.15) is 10.5 Å². The van der Waals surface area contributed by atoms with Crippen LogP contribution in [0.3, 0.4) is 0 Å². The average molecular weight is 143 g/mol. The summed E-state index contributed by atoms with van der Waals surface area (Å²) in [5.74, 6) is 0. The van der Waals surface area contributed by atoms with E-state index in [0.29, 0.717) is 5.56 Å². The van der Waals surface area contributed by atoms with Crippen LogP contribution in [0.1, 0.15) is 16.8 Å². The number of hydrogen-bond acceptors (Lipinski definition) is 3. The molecular formula is C8H5N3. The highest BCUT2D eigenvalue weighted by atomic mass is 14.7. The Morgan fingerprint density at radius 1 is 1.36 bits per heavy atom. The first-order chi connectivity index (χ1) is 5.27. The zero-order valence-corrected chi connectivity index (χ0v) is 6.00. The van der Waals surface area contributed by atoms with Crippen LogP contribution < -0.4 is 0 Å². The van der Waals surface area contributed by atoms with E-state index in [1.807, 2.05) is 19.1 Å². The number of pyridine rings is 1. The fraction of sp³-hybridized carbons (Fsp3) is 0.125. The van der Waals surface area contributed by atoms with Gasteiger partial charge in [0.2, 0.25) is 0 Å². The molecule has 0 amide bonds. The number of aromatic nitrogens is 1. The topological polar surface area (TPSA) is 60.5 Å². The number of aryl methyl sites for hydroxylation is 1. The maximum atomic E-state index is 8.53. The Morgan fingerprint density at radius 2 is 2.09 bits per heavy atom. The summed E-state index contributed by atoms with van der Waals surface area (Å²) in [5, 5.41) is 17.0. The highest BCUT2D eigenvalue weighted by Crippen LogP contribution is 2.04. The standard InChI is InChI=1S/C8H5N3/c1-6-2-7(3-9)8(4-10)11-5-6/h2,5H,1H3. The van der Waals surface area contributed by atoms with E-state index < -0.39 is 0 Å². The molecule has 0 atom stereocenters. The molecule has 0 aromatic carbocycles. The van der Waals surface area contributed by atoms with Crippen LogP contribution >= 0.6 is 0 Å². The first-order valence-electron chi connectivity index (χ1n) is 3.05. The Morgan fingerprint density at radius 3 is 2.64 bits per heavy atom. The van der Waals surface area contributed by atoms with Crippen LogP contribution in [0.25, 0.3) is 0 Å². The van der Waals surface area contributed by atoms with Gasteiger partial charge in [0.25, 0.3) is 0 Å². The predicted octanol–water partition coefficient (Wildman–Crippen LogP) is 1.13. The van der Waals surface area contributed by atoms with E-state index in [4.69, 9.17) is 10.5 Å². The van der Waals surface area contributed by atoms with E-state index in [1.165, 1.54) is 0 Å². The van der Waals surface area contributed by atoms with Gasteiger partial charge in [0.15, 0.2) is 5.69 Å². The Bertz CT molecular complexity index is 355. The van der Waals surface area contributed by atoms with Crippen LogP contribution in [0.2, 0.25) is 0 Å². The lowest BCUT2D eigenvalue weighted by Gasteiger charge is -1.93. The van der Waals surface area contributed by atoms with Gasteiger partial charge in [-0.3, -0.25) is 0 Å². The Labute approximate surface area is 64.5 Å². The van der Waals surface area contributed by atoms with Crippen molar-refractivity contribution in [3.63, 3.8) is 0 Å². The normalized spacial score (nSPS) is 8.27. The lowest BCUT2D eigenvalue weighted by molar-refractivity contribution is 1.20. The molecule has 0 aliphatic carbocycles. The molecule has 11 heavy (non-hydrogen) atoms. The summed E-state index contributed by atoms with van der Waals surface area (Å²) in [7, 11) is 0. The Hall–Kier alpha value is -1.87. The van der Waals surface area contributed by atoms with Crippen LogP contribution in [-0.2, 0) is 0 Å². The Kier molecular flexibility index (Phi) is 1.85. The van der Waals surface area contributed by atoms with Gasteiger partial charge in [-0.15, -0.1) is 0 Å². The minimum Gasteiger partial charge on any atom is -0.244 e. The summed E-state index contributed by atoms with van der Waals surface area (Å²) in [5.41, 5.74) is 1.42. The summed E-state index contributed by atoms with van der Waals surface area (Å²) >= 11 is 0. The lowest BCUT2D eigenvalue weighted by Crippen LogP contribution is -1.89. The van der Waals surface area contributed by atoms with Gasteiger partial charge in [0, 0.05) is 6.20 Å². The number of nitriles is 2. The lowest BCUT2D eigenvalue weighted by atomic mass is 10.2. The summed E-state index contributed by atoms with van der Waals surface area (Å²) < 4.78 is 0. The molecule has 1 rings (SSSR count). The third-order valence-electron chi connectivity index (χ3n) is 1.25. The van der Waals surface area contributed by atoms with E-state index in [9.17, 15) is 0 Å².